The molecule has 2 atom stereocenters. The van der Waals surface area contributed by atoms with Crippen LogP contribution >= 0.6 is 0 Å². The van der Waals surface area contributed by atoms with Crippen molar-refractivity contribution in [2.75, 3.05) is 18.4 Å². The summed E-state index contributed by atoms with van der Waals surface area (Å²) in [5.74, 6) is 1.99. The monoisotopic (exact) mass is 336 g/mol. The summed E-state index contributed by atoms with van der Waals surface area (Å²) in [6.07, 6.45) is 2.41. The third kappa shape index (κ3) is 3.31. The quantitative estimate of drug-likeness (QED) is 0.670. The zero-order valence-corrected chi connectivity index (χ0v) is 14.0. The van der Waals surface area contributed by atoms with E-state index in [1.807, 2.05) is 31.2 Å². The summed E-state index contributed by atoms with van der Waals surface area (Å²) < 4.78 is 1.65. The minimum absolute atomic E-state index is 0.104. The van der Waals surface area contributed by atoms with E-state index in [2.05, 4.69) is 37.8 Å². The van der Waals surface area contributed by atoms with E-state index in [4.69, 9.17) is 0 Å². The van der Waals surface area contributed by atoms with Gasteiger partial charge < -0.3 is 10.6 Å². The van der Waals surface area contributed by atoms with Crippen LogP contribution in [0.2, 0.25) is 0 Å². The lowest BCUT2D eigenvalue weighted by Crippen LogP contribution is -2.30. The van der Waals surface area contributed by atoms with Crippen LogP contribution in [0.25, 0.3) is 5.78 Å². The van der Waals surface area contributed by atoms with Crippen molar-refractivity contribution >= 4 is 17.5 Å². The number of amides is 1. The van der Waals surface area contributed by atoms with E-state index in [0.717, 1.165) is 17.9 Å². The molecule has 7 nitrogen and oxygen atoms in total. The predicted molar refractivity (Wildman–Crippen MR) is 94.3 cm³/mol. The van der Waals surface area contributed by atoms with Crippen LogP contribution in [0.1, 0.15) is 23.6 Å². The fourth-order valence-corrected chi connectivity index (χ4v) is 3.12. The third-order valence-corrected chi connectivity index (χ3v) is 4.47. The van der Waals surface area contributed by atoms with Crippen molar-refractivity contribution in [2.45, 2.75) is 19.3 Å². The Balaban J connectivity index is 1.27. The average Bonchev–Trinajstić information content (AvgIpc) is 3.29. The van der Waals surface area contributed by atoms with Gasteiger partial charge in [0, 0.05) is 30.8 Å². The van der Waals surface area contributed by atoms with Gasteiger partial charge in [0.2, 0.25) is 5.91 Å². The van der Waals surface area contributed by atoms with E-state index in [1.54, 1.807) is 4.52 Å². The lowest BCUT2D eigenvalue weighted by molar-refractivity contribution is -0.122. The van der Waals surface area contributed by atoms with Gasteiger partial charge >= 0.3 is 0 Å². The minimum Gasteiger partial charge on any atom is -0.368 e. The second kappa shape index (κ2) is 6.51. The first-order valence-corrected chi connectivity index (χ1v) is 8.46. The molecule has 1 saturated carbocycles. The summed E-state index contributed by atoms with van der Waals surface area (Å²) in [7, 11) is 0. The van der Waals surface area contributed by atoms with Gasteiger partial charge in [-0.2, -0.15) is 14.6 Å². The van der Waals surface area contributed by atoms with Crippen LogP contribution in [0, 0.1) is 12.8 Å². The largest absolute Gasteiger partial charge is 0.368 e. The van der Waals surface area contributed by atoms with E-state index in [-0.39, 0.29) is 11.8 Å². The number of aromatic nitrogens is 4. The molecule has 0 aliphatic heterocycles. The SMILES string of the molecule is Cc1cc(NCCNC(=O)[C@H]2C[C@H]2c2ccccc2)n2ncnc2n1. The Hall–Kier alpha value is -2.96. The molecular weight excluding hydrogens is 316 g/mol. The summed E-state index contributed by atoms with van der Waals surface area (Å²) in [6.45, 7) is 3.10. The van der Waals surface area contributed by atoms with Crippen molar-refractivity contribution in [3.8, 4) is 0 Å². The number of carbonyl (C=O) groups is 1. The molecule has 2 N–H and O–H groups in total. The number of nitrogens with one attached hydrogen (secondary N) is 2. The summed E-state index contributed by atoms with van der Waals surface area (Å²) >= 11 is 0. The molecule has 1 aliphatic carbocycles. The highest BCUT2D eigenvalue weighted by Gasteiger charge is 2.43. The molecule has 128 valence electrons. The fraction of sp³-hybridized carbons (Fsp3) is 0.333. The van der Waals surface area contributed by atoms with E-state index in [0.29, 0.717) is 24.8 Å². The van der Waals surface area contributed by atoms with Crippen molar-refractivity contribution in [3.63, 3.8) is 0 Å². The second-order valence-electron chi connectivity index (χ2n) is 6.33. The van der Waals surface area contributed by atoms with Gasteiger partial charge in [-0.25, -0.2) is 4.98 Å². The van der Waals surface area contributed by atoms with Gasteiger partial charge in [-0.1, -0.05) is 30.3 Å². The van der Waals surface area contributed by atoms with Crippen molar-refractivity contribution < 1.29 is 4.79 Å². The smallest absolute Gasteiger partial charge is 0.254 e. The molecule has 1 aliphatic rings. The number of carbonyl (C=O) groups excluding carboxylic acids is 1. The molecule has 1 aromatic carbocycles. The zero-order chi connectivity index (χ0) is 17.2. The molecule has 25 heavy (non-hydrogen) atoms. The molecule has 4 rings (SSSR count). The lowest BCUT2D eigenvalue weighted by atomic mass is 10.1. The molecule has 0 bridgehead atoms. The van der Waals surface area contributed by atoms with Gasteiger partial charge in [0.25, 0.3) is 5.78 Å². The van der Waals surface area contributed by atoms with Crippen LogP contribution in [0.15, 0.2) is 42.7 Å². The number of anilines is 1. The van der Waals surface area contributed by atoms with E-state index >= 15 is 0 Å². The predicted octanol–water partition coefficient (Wildman–Crippen LogP) is 1.76. The lowest BCUT2D eigenvalue weighted by Gasteiger charge is -2.09. The van der Waals surface area contributed by atoms with Crippen molar-refractivity contribution in [1.29, 1.82) is 0 Å². The molecule has 0 unspecified atom stereocenters. The molecule has 0 radical (unpaired) electrons. The summed E-state index contributed by atoms with van der Waals surface area (Å²) in [5.41, 5.74) is 2.12. The van der Waals surface area contributed by atoms with Crippen LogP contribution in [0.5, 0.6) is 0 Å². The van der Waals surface area contributed by atoms with Crippen molar-refractivity contribution in [3.05, 3.63) is 54.0 Å². The summed E-state index contributed by atoms with van der Waals surface area (Å²) in [4.78, 5) is 20.6. The highest BCUT2D eigenvalue weighted by Crippen LogP contribution is 2.47. The van der Waals surface area contributed by atoms with Gasteiger partial charge in [0.1, 0.15) is 12.1 Å². The van der Waals surface area contributed by atoms with Crippen molar-refractivity contribution in [1.82, 2.24) is 24.9 Å². The maximum atomic E-state index is 12.2. The Kier molecular flexibility index (Phi) is 4.05. The maximum Gasteiger partial charge on any atom is 0.254 e. The Bertz CT molecular complexity index is 891. The first-order chi connectivity index (χ1) is 12.2. The Labute approximate surface area is 145 Å². The van der Waals surface area contributed by atoms with Crippen LogP contribution in [0.3, 0.4) is 0 Å². The Morgan fingerprint density at radius 1 is 1.28 bits per heavy atom. The average molecular weight is 336 g/mol. The molecule has 2 aromatic heterocycles. The van der Waals surface area contributed by atoms with Gasteiger partial charge in [0.15, 0.2) is 0 Å². The fourth-order valence-electron chi connectivity index (χ4n) is 3.12. The Morgan fingerprint density at radius 3 is 2.96 bits per heavy atom. The number of rotatable bonds is 6. The second-order valence-corrected chi connectivity index (χ2v) is 6.33. The van der Waals surface area contributed by atoms with Gasteiger partial charge in [0.05, 0.1) is 0 Å². The molecule has 2 heterocycles. The van der Waals surface area contributed by atoms with E-state index < -0.39 is 0 Å². The highest BCUT2D eigenvalue weighted by molar-refractivity contribution is 5.82. The van der Waals surface area contributed by atoms with Gasteiger partial charge in [-0.15, -0.1) is 0 Å². The maximum absolute atomic E-state index is 12.2. The minimum atomic E-state index is 0.104. The third-order valence-electron chi connectivity index (χ3n) is 4.47. The highest BCUT2D eigenvalue weighted by atomic mass is 16.2. The summed E-state index contributed by atoms with van der Waals surface area (Å²) in [6, 6.07) is 12.1. The number of nitrogens with zero attached hydrogens (tertiary/aromatic N) is 4. The molecule has 0 saturated heterocycles. The van der Waals surface area contributed by atoms with Crippen LogP contribution in [-0.4, -0.2) is 38.6 Å². The molecule has 3 aromatic rings. The standard InChI is InChI=1S/C18H20N6O/c1-12-9-16(24-18(23-12)21-11-22-24)19-7-8-20-17(25)15-10-14(15)13-5-3-2-4-6-13/h2-6,9,11,14-15,19H,7-8,10H2,1H3,(H,20,25)/t14-,15-/m0/s1. The first kappa shape index (κ1) is 15.6. The van der Waals surface area contributed by atoms with E-state index in [9.17, 15) is 4.79 Å². The Morgan fingerprint density at radius 2 is 2.12 bits per heavy atom. The number of hydrogen-bond acceptors (Lipinski definition) is 5. The molecule has 7 heteroatoms. The number of hydrogen-bond donors (Lipinski definition) is 2. The van der Waals surface area contributed by atoms with Gasteiger partial charge in [-0.05, 0) is 24.8 Å². The normalized spacial score (nSPS) is 18.9. The van der Waals surface area contributed by atoms with Gasteiger partial charge in [-0.3, -0.25) is 4.79 Å². The summed E-state index contributed by atoms with van der Waals surface area (Å²) in [5, 5.41) is 10.4. The molecule has 1 amide bonds. The van der Waals surface area contributed by atoms with E-state index in [1.165, 1.54) is 11.9 Å². The van der Waals surface area contributed by atoms with Crippen LogP contribution < -0.4 is 10.6 Å². The first-order valence-electron chi connectivity index (χ1n) is 8.46. The number of aryl methyl sites for hydroxylation is 1. The number of benzene rings is 1. The molecular formula is C18H20N6O. The molecule has 0 spiro atoms. The topological polar surface area (TPSA) is 84.2 Å². The van der Waals surface area contributed by atoms with Crippen LogP contribution in [0.4, 0.5) is 5.82 Å². The van der Waals surface area contributed by atoms with Crippen LogP contribution in [-0.2, 0) is 4.79 Å². The molecule has 1 fully saturated rings. The van der Waals surface area contributed by atoms with Crippen molar-refractivity contribution in [2.24, 2.45) is 5.92 Å². The number of fused-ring (bicyclic) bond motifs is 1. The zero-order valence-electron chi connectivity index (χ0n) is 14.0.